The van der Waals surface area contributed by atoms with Crippen molar-refractivity contribution >= 4 is 10.0 Å². The van der Waals surface area contributed by atoms with E-state index < -0.39 is 10.0 Å². The number of sulfonamides is 1. The van der Waals surface area contributed by atoms with E-state index in [0.717, 1.165) is 0 Å². The van der Waals surface area contributed by atoms with Crippen molar-refractivity contribution in [1.82, 2.24) is 9.29 Å². The van der Waals surface area contributed by atoms with Gasteiger partial charge in [0.15, 0.2) is 0 Å². The maximum absolute atomic E-state index is 12.0. The Balaban J connectivity index is 2.25. The number of nitrogens with two attached hydrogens (primary N) is 1. The zero-order valence-corrected chi connectivity index (χ0v) is 9.37. The Morgan fingerprint density at radius 3 is 2.73 bits per heavy atom. The first-order valence-corrected chi connectivity index (χ1v) is 6.34. The number of rotatable bonds is 2. The first-order valence-electron chi connectivity index (χ1n) is 4.90. The van der Waals surface area contributed by atoms with Crippen molar-refractivity contribution in [3.05, 3.63) is 18.5 Å². The molecule has 0 spiro atoms. The number of aromatic amines is 1. The first-order chi connectivity index (χ1) is 7.01. The van der Waals surface area contributed by atoms with Gasteiger partial charge in [-0.1, -0.05) is 6.92 Å². The number of hydrogen-bond donors (Lipinski definition) is 2. The van der Waals surface area contributed by atoms with Crippen molar-refractivity contribution in [1.29, 1.82) is 0 Å². The Morgan fingerprint density at radius 2 is 2.27 bits per heavy atom. The molecule has 2 rings (SSSR count). The summed E-state index contributed by atoms with van der Waals surface area (Å²) in [5, 5.41) is 0. The monoisotopic (exact) mass is 229 g/mol. The summed E-state index contributed by atoms with van der Waals surface area (Å²) in [6, 6.07) is 1.50. The quantitative estimate of drug-likeness (QED) is 0.748. The summed E-state index contributed by atoms with van der Waals surface area (Å²) in [4.78, 5) is 3.05. The van der Waals surface area contributed by atoms with Crippen molar-refractivity contribution < 1.29 is 8.42 Å². The lowest BCUT2D eigenvalue weighted by Crippen LogP contribution is -2.32. The number of aromatic nitrogens is 1. The molecule has 15 heavy (non-hydrogen) atoms. The van der Waals surface area contributed by atoms with Crippen LogP contribution in [0.1, 0.15) is 6.92 Å². The van der Waals surface area contributed by atoms with E-state index in [9.17, 15) is 8.42 Å². The van der Waals surface area contributed by atoms with Crippen molar-refractivity contribution in [2.75, 3.05) is 13.1 Å². The van der Waals surface area contributed by atoms with Crippen molar-refractivity contribution in [3.63, 3.8) is 0 Å². The second-order valence-electron chi connectivity index (χ2n) is 4.01. The van der Waals surface area contributed by atoms with Gasteiger partial charge in [0.05, 0.1) is 4.90 Å². The van der Waals surface area contributed by atoms with Crippen molar-refractivity contribution in [2.45, 2.75) is 17.9 Å². The fraction of sp³-hybridized carbons (Fsp3) is 0.556. The molecule has 0 radical (unpaired) electrons. The summed E-state index contributed by atoms with van der Waals surface area (Å²) >= 11 is 0. The molecule has 0 amide bonds. The predicted molar refractivity (Wildman–Crippen MR) is 56.7 cm³/mol. The van der Waals surface area contributed by atoms with E-state index >= 15 is 0 Å². The summed E-state index contributed by atoms with van der Waals surface area (Å²) in [5.41, 5.74) is 5.80. The summed E-state index contributed by atoms with van der Waals surface area (Å²) in [6.45, 7) is 2.89. The Kier molecular flexibility index (Phi) is 2.57. The minimum atomic E-state index is -3.34. The average molecular weight is 229 g/mol. The Labute approximate surface area is 89.3 Å². The lowest BCUT2D eigenvalue weighted by atomic mass is 10.1. The van der Waals surface area contributed by atoms with Crippen LogP contribution in [0, 0.1) is 5.92 Å². The minimum Gasteiger partial charge on any atom is -0.366 e. The van der Waals surface area contributed by atoms with Gasteiger partial charge in [0.25, 0.3) is 0 Å². The maximum Gasteiger partial charge on any atom is 0.244 e. The SMILES string of the molecule is CC1CN(S(=O)(=O)c2cc[nH]c2)CC1N. The standard InChI is InChI=1S/C9H15N3O2S/c1-7-5-12(6-9(7)10)15(13,14)8-2-3-11-4-8/h2-4,7,9,11H,5-6,10H2,1H3. The van der Waals surface area contributed by atoms with Crippen LogP contribution in [0.3, 0.4) is 0 Å². The largest absolute Gasteiger partial charge is 0.366 e. The maximum atomic E-state index is 12.0. The van der Waals surface area contributed by atoms with Gasteiger partial charge < -0.3 is 10.7 Å². The van der Waals surface area contributed by atoms with E-state index in [0.29, 0.717) is 18.0 Å². The van der Waals surface area contributed by atoms with E-state index in [2.05, 4.69) is 4.98 Å². The van der Waals surface area contributed by atoms with Crippen LogP contribution < -0.4 is 5.73 Å². The van der Waals surface area contributed by atoms with Gasteiger partial charge in [-0.25, -0.2) is 8.42 Å². The minimum absolute atomic E-state index is 0.0567. The fourth-order valence-electron chi connectivity index (χ4n) is 1.76. The van der Waals surface area contributed by atoms with E-state index in [1.807, 2.05) is 6.92 Å². The van der Waals surface area contributed by atoms with E-state index in [4.69, 9.17) is 5.73 Å². The second-order valence-corrected chi connectivity index (χ2v) is 5.95. The molecule has 1 aromatic rings. The zero-order valence-electron chi connectivity index (χ0n) is 8.55. The third-order valence-corrected chi connectivity index (χ3v) is 4.67. The van der Waals surface area contributed by atoms with Crippen LogP contribution in [-0.2, 0) is 10.0 Å². The average Bonchev–Trinajstić information content (AvgIpc) is 2.77. The first kappa shape index (κ1) is 10.7. The molecule has 1 fully saturated rings. The normalized spacial score (nSPS) is 28.4. The highest BCUT2D eigenvalue weighted by Gasteiger charge is 2.35. The zero-order chi connectivity index (χ0) is 11.1. The molecule has 0 bridgehead atoms. The van der Waals surface area contributed by atoms with Crippen LogP contribution in [0.15, 0.2) is 23.4 Å². The molecule has 6 heteroatoms. The van der Waals surface area contributed by atoms with Crippen LogP contribution in [0.2, 0.25) is 0 Å². The smallest absolute Gasteiger partial charge is 0.244 e. The molecule has 2 heterocycles. The molecule has 1 saturated heterocycles. The van der Waals surface area contributed by atoms with Crippen LogP contribution in [0.5, 0.6) is 0 Å². The molecular weight excluding hydrogens is 214 g/mol. The van der Waals surface area contributed by atoms with Gasteiger partial charge >= 0.3 is 0 Å². The molecule has 5 nitrogen and oxygen atoms in total. The van der Waals surface area contributed by atoms with Crippen LogP contribution in [0.25, 0.3) is 0 Å². The van der Waals surface area contributed by atoms with Crippen molar-refractivity contribution in [3.8, 4) is 0 Å². The molecule has 2 unspecified atom stereocenters. The predicted octanol–water partition coefficient (Wildman–Crippen LogP) is -0.0176. The number of nitrogens with zero attached hydrogens (tertiary/aromatic N) is 1. The van der Waals surface area contributed by atoms with Gasteiger partial charge in [0, 0.05) is 31.5 Å². The molecular formula is C9H15N3O2S. The van der Waals surface area contributed by atoms with Gasteiger partial charge in [-0.3, -0.25) is 0 Å². The lowest BCUT2D eigenvalue weighted by molar-refractivity contribution is 0.464. The topological polar surface area (TPSA) is 79.2 Å². The summed E-state index contributed by atoms with van der Waals surface area (Å²) < 4.78 is 25.5. The molecule has 2 atom stereocenters. The second kappa shape index (κ2) is 3.62. The summed E-state index contributed by atoms with van der Waals surface area (Å²) in [6.07, 6.45) is 3.09. The number of H-pyrrole nitrogens is 1. The van der Waals surface area contributed by atoms with Crippen LogP contribution in [-0.4, -0.2) is 36.8 Å². The summed E-state index contributed by atoms with van der Waals surface area (Å²) in [5.74, 6) is 0.221. The Hall–Kier alpha value is -0.850. The molecule has 3 N–H and O–H groups in total. The van der Waals surface area contributed by atoms with Gasteiger partial charge in [-0.2, -0.15) is 4.31 Å². The highest BCUT2D eigenvalue weighted by Crippen LogP contribution is 2.22. The molecule has 0 aromatic carbocycles. The van der Waals surface area contributed by atoms with E-state index in [1.54, 1.807) is 12.3 Å². The van der Waals surface area contributed by atoms with Gasteiger partial charge in [-0.05, 0) is 12.0 Å². The number of hydrogen-bond acceptors (Lipinski definition) is 3. The third kappa shape index (κ3) is 1.80. The summed E-state index contributed by atoms with van der Waals surface area (Å²) in [7, 11) is -3.34. The molecule has 0 saturated carbocycles. The Morgan fingerprint density at radius 1 is 1.53 bits per heavy atom. The highest BCUT2D eigenvalue weighted by atomic mass is 32.2. The molecule has 84 valence electrons. The van der Waals surface area contributed by atoms with E-state index in [-0.39, 0.29) is 12.0 Å². The van der Waals surface area contributed by atoms with Gasteiger partial charge in [-0.15, -0.1) is 0 Å². The molecule has 1 aromatic heterocycles. The number of nitrogens with one attached hydrogen (secondary N) is 1. The molecule has 1 aliphatic rings. The van der Waals surface area contributed by atoms with Gasteiger partial charge in [0.2, 0.25) is 10.0 Å². The van der Waals surface area contributed by atoms with Crippen LogP contribution >= 0.6 is 0 Å². The van der Waals surface area contributed by atoms with E-state index in [1.165, 1.54) is 10.5 Å². The third-order valence-electron chi connectivity index (χ3n) is 2.84. The van der Waals surface area contributed by atoms with Crippen LogP contribution in [0.4, 0.5) is 0 Å². The van der Waals surface area contributed by atoms with Crippen molar-refractivity contribution in [2.24, 2.45) is 11.7 Å². The fourth-order valence-corrected chi connectivity index (χ4v) is 3.32. The van der Waals surface area contributed by atoms with Gasteiger partial charge in [0.1, 0.15) is 0 Å². The highest BCUT2D eigenvalue weighted by molar-refractivity contribution is 7.89. The Bertz CT molecular complexity index is 416. The molecule has 0 aliphatic carbocycles. The molecule has 1 aliphatic heterocycles. The lowest BCUT2D eigenvalue weighted by Gasteiger charge is -2.14.